The Balaban J connectivity index is 1.87. The molecule has 0 spiro atoms. The lowest BCUT2D eigenvalue weighted by molar-refractivity contribution is 0.244. The van der Waals surface area contributed by atoms with E-state index >= 15 is 0 Å². The van der Waals surface area contributed by atoms with Gasteiger partial charge in [0.15, 0.2) is 0 Å². The predicted molar refractivity (Wildman–Crippen MR) is 97.1 cm³/mol. The highest BCUT2D eigenvalue weighted by Gasteiger charge is 2.19. The minimum atomic E-state index is 0.250. The number of rotatable bonds is 5. The molecule has 5 heteroatoms. The van der Waals surface area contributed by atoms with Crippen molar-refractivity contribution in [2.24, 2.45) is 5.73 Å². The summed E-state index contributed by atoms with van der Waals surface area (Å²) in [5.74, 6) is 0. The molecule has 1 aromatic carbocycles. The van der Waals surface area contributed by atoms with Crippen LogP contribution in [0.1, 0.15) is 17.2 Å². The van der Waals surface area contributed by atoms with E-state index in [0.29, 0.717) is 6.54 Å². The first-order valence-electron chi connectivity index (χ1n) is 6.78. The van der Waals surface area contributed by atoms with Gasteiger partial charge in [-0.1, -0.05) is 18.2 Å². The lowest BCUT2D eigenvalue weighted by Crippen LogP contribution is -2.29. The molecule has 110 valence electrons. The highest BCUT2D eigenvalue weighted by atomic mass is 79.9. The summed E-state index contributed by atoms with van der Waals surface area (Å²) in [6, 6.07) is 11.0. The monoisotopic (exact) mass is 380 g/mol. The molecular weight excluding hydrogens is 364 g/mol. The van der Waals surface area contributed by atoms with Crippen LogP contribution in [0.5, 0.6) is 0 Å². The number of hydrogen-bond acceptors (Lipinski definition) is 4. The molecule has 2 N–H and O–H groups in total. The highest BCUT2D eigenvalue weighted by molar-refractivity contribution is 9.11. The van der Waals surface area contributed by atoms with Crippen molar-refractivity contribution in [1.29, 1.82) is 0 Å². The van der Waals surface area contributed by atoms with Gasteiger partial charge in [0.25, 0.3) is 0 Å². The number of nitrogens with two attached hydrogens (primary N) is 1. The van der Waals surface area contributed by atoms with Gasteiger partial charge < -0.3 is 5.73 Å². The van der Waals surface area contributed by atoms with Crippen LogP contribution < -0.4 is 5.73 Å². The smallest absolute Gasteiger partial charge is 0.0701 e. The Morgan fingerprint density at radius 3 is 2.76 bits per heavy atom. The second kappa shape index (κ2) is 6.58. The zero-order valence-electron chi connectivity index (χ0n) is 11.8. The molecule has 0 fully saturated rings. The maximum atomic E-state index is 6.07. The van der Waals surface area contributed by atoms with Gasteiger partial charge in [-0.05, 0) is 62.4 Å². The lowest BCUT2D eigenvalue weighted by Gasteiger charge is -2.26. The molecule has 2 nitrogen and oxygen atoms in total. The van der Waals surface area contributed by atoms with E-state index in [1.165, 1.54) is 25.0 Å². The van der Waals surface area contributed by atoms with Gasteiger partial charge in [-0.2, -0.15) is 0 Å². The van der Waals surface area contributed by atoms with Gasteiger partial charge >= 0.3 is 0 Å². The molecule has 0 aliphatic rings. The molecule has 0 aliphatic heterocycles. The van der Waals surface area contributed by atoms with Gasteiger partial charge in [0, 0.05) is 23.8 Å². The van der Waals surface area contributed by atoms with Crippen LogP contribution in [-0.2, 0) is 6.54 Å². The van der Waals surface area contributed by atoms with Crippen LogP contribution in [0.3, 0.4) is 0 Å². The summed E-state index contributed by atoms with van der Waals surface area (Å²) in [5.41, 5.74) is 8.74. The van der Waals surface area contributed by atoms with Crippen molar-refractivity contribution in [3.8, 4) is 0 Å². The molecule has 0 saturated carbocycles. The average Bonchev–Trinajstić information content (AvgIpc) is 3.07. The lowest BCUT2D eigenvalue weighted by atomic mass is 10.0. The van der Waals surface area contributed by atoms with E-state index < -0.39 is 0 Å². The zero-order valence-corrected chi connectivity index (χ0v) is 15.0. The second-order valence-corrected chi connectivity index (χ2v) is 8.31. The summed E-state index contributed by atoms with van der Waals surface area (Å²) >= 11 is 7.05. The quantitative estimate of drug-likeness (QED) is 0.684. The second-order valence-electron chi connectivity index (χ2n) is 5.11. The minimum Gasteiger partial charge on any atom is -0.329 e. The van der Waals surface area contributed by atoms with Crippen molar-refractivity contribution < 1.29 is 0 Å². The third-order valence-electron chi connectivity index (χ3n) is 3.68. The number of fused-ring (bicyclic) bond motifs is 1. The molecule has 1 unspecified atom stereocenters. The molecule has 0 bridgehead atoms. The summed E-state index contributed by atoms with van der Waals surface area (Å²) < 4.78 is 2.51. The first kappa shape index (κ1) is 15.2. The largest absolute Gasteiger partial charge is 0.329 e. The number of halogens is 1. The van der Waals surface area contributed by atoms with Gasteiger partial charge in [-0.15, -0.1) is 22.7 Å². The Labute approximate surface area is 141 Å². The molecule has 21 heavy (non-hydrogen) atoms. The minimum absolute atomic E-state index is 0.250. The third-order valence-corrected chi connectivity index (χ3v) is 6.21. The highest BCUT2D eigenvalue weighted by Crippen LogP contribution is 2.33. The molecule has 0 saturated heterocycles. The molecule has 3 aromatic rings. The summed E-state index contributed by atoms with van der Waals surface area (Å²) in [7, 11) is 2.15. The van der Waals surface area contributed by atoms with Crippen molar-refractivity contribution >= 4 is 48.7 Å². The Morgan fingerprint density at radius 2 is 2.05 bits per heavy atom. The summed E-state index contributed by atoms with van der Waals surface area (Å²) in [5, 5.41) is 5.78. The average molecular weight is 381 g/mol. The maximum absolute atomic E-state index is 6.07. The number of thiophene rings is 2. The molecule has 2 heterocycles. The topological polar surface area (TPSA) is 29.3 Å². The normalized spacial score (nSPS) is 13.1. The van der Waals surface area contributed by atoms with Crippen LogP contribution in [0, 0.1) is 0 Å². The summed E-state index contributed by atoms with van der Waals surface area (Å²) in [4.78, 5) is 2.34. The van der Waals surface area contributed by atoms with E-state index in [1.807, 2.05) is 0 Å². The van der Waals surface area contributed by atoms with Gasteiger partial charge in [0.05, 0.1) is 3.79 Å². The fraction of sp³-hybridized carbons (Fsp3) is 0.250. The zero-order chi connectivity index (χ0) is 14.8. The SMILES string of the molecule is CN(Cc1csc(Br)c1)C(CN)c1csc2ccccc12. The Bertz CT molecular complexity index is 735. The number of likely N-dealkylation sites (N-methyl/N-ethyl adjacent to an activating group) is 1. The van der Waals surface area contributed by atoms with Crippen molar-refractivity contribution in [2.45, 2.75) is 12.6 Å². The van der Waals surface area contributed by atoms with Crippen molar-refractivity contribution in [3.63, 3.8) is 0 Å². The number of hydrogen-bond donors (Lipinski definition) is 1. The standard InChI is InChI=1S/C16H17BrN2S2/c1-19(8-11-6-16(17)21-9-11)14(7-18)13-10-20-15-5-3-2-4-12(13)15/h2-6,9-10,14H,7-8,18H2,1H3. The summed E-state index contributed by atoms with van der Waals surface area (Å²) in [6.07, 6.45) is 0. The summed E-state index contributed by atoms with van der Waals surface area (Å²) in [6.45, 7) is 1.54. The third kappa shape index (κ3) is 3.22. The number of nitrogens with zero attached hydrogens (tertiary/aromatic N) is 1. The fourth-order valence-corrected chi connectivity index (χ4v) is 4.84. The van der Waals surface area contributed by atoms with Crippen LogP contribution in [-0.4, -0.2) is 18.5 Å². The molecule has 0 radical (unpaired) electrons. The Morgan fingerprint density at radius 1 is 1.24 bits per heavy atom. The molecular formula is C16H17BrN2S2. The van der Waals surface area contributed by atoms with E-state index in [4.69, 9.17) is 5.73 Å². The van der Waals surface area contributed by atoms with E-state index in [1.54, 1.807) is 22.7 Å². The van der Waals surface area contributed by atoms with E-state index in [2.05, 4.69) is 69.0 Å². The van der Waals surface area contributed by atoms with Crippen LogP contribution in [0.25, 0.3) is 10.1 Å². The van der Waals surface area contributed by atoms with Crippen LogP contribution in [0.2, 0.25) is 0 Å². The van der Waals surface area contributed by atoms with Crippen molar-refractivity contribution in [2.75, 3.05) is 13.6 Å². The fourth-order valence-electron chi connectivity index (χ4n) is 2.63. The Kier molecular flexibility index (Phi) is 4.76. The van der Waals surface area contributed by atoms with E-state index in [-0.39, 0.29) is 6.04 Å². The molecule has 0 amide bonds. The van der Waals surface area contributed by atoms with E-state index in [9.17, 15) is 0 Å². The van der Waals surface area contributed by atoms with Crippen LogP contribution in [0.15, 0.2) is 44.9 Å². The first-order valence-corrected chi connectivity index (χ1v) is 9.33. The Hall–Kier alpha value is -0.720. The maximum Gasteiger partial charge on any atom is 0.0701 e. The van der Waals surface area contributed by atoms with Gasteiger partial charge in [-0.3, -0.25) is 4.90 Å². The predicted octanol–water partition coefficient (Wildman–Crippen LogP) is 4.86. The van der Waals surface area contributed by atoms with Crippen molar-refractivity contribution in [3.05, 3.63) is 56.0 Å². The number of benzene rings is 1. The van der Waals surface area contributed by atoms with Crippen LogP contribution in [0.4, 0.5) is 0 Å². The molecule has 3 rings (SSSR count). The van der Waals surface area contributed by atoms with Gasteiger partial charge in [0.1, 0.15) is 0 Å². The van der Waals surface area contributed by atoms with E-state index in [0.717, 1.165) is 6.54 Å². The molecule has 0 aliphatic carbocycles. The van der Waals surface area contributed by atoms with Crippen molar-refractivity contribution in [1.82, 2.24) is 4.90 Å². The van der Waals surface area contributed by atoms with Gasteiger partial charge in [0.2, 0.25) is 0 Å². The van der Waals surface area contributed by atoms with Gasteiger partial charge in [-0.25, -0.2) is 0 Å². The van der Waals surface area contributed by atoms with Crippen LogP contribution >= 0.6 is 38.6 Å². The molecule has 2 aromatic heterocycles. The molecule has 1 atom stereocenters. The first-order chi connectivity index (χ1) is 10.2.